The number of aryl methyl sites for hydroxylation is 1. The van der Waals surface area contributed by atoms with Crippen LogP contribution < -0.4 is 14.4 Å². The molecule has 0 fully saturated rings. The molecule has 0 spiro atoms. The van der Waals surface area contributed by atoms with Crippen molar-refractivity contribution in [3.8, 4) is 28.3 Å². The molecule has 6 rings (SSSR count). The molecule has 3 aromatic heterocycles. The first-order valence-electron chi connectivity index (χ1n) is 11.8. The number of carboxylic acid groups (broad SMARTS) is 1. The number of pyridine rings is 1. The standard InChI is InChI=1S/C27H19FN6O4S/c1-13-3-17(23-20(4-13)32-22(37-2)11-31-23)26-33-21-7-19(28)24-18(25(21)39-26)6-16(38-24)12-34(27(35)36)15-5-14(8-29)9-30-10-15/h3-5,7,9-11,16H,6,12H2,1-2H3,(H,35,36). The molecule has 5 aromatic rings. The predicted molar refractivity (Wildman–Crippen MR) is 142 cm³/mol. The van der Waals surface area contributed by atoms with Crippen molar-refractivity contribution in [1.29, 1.82) is 5.26 Å². The zero-order chi connectivity index (χ0) is 27.3. The van der Waals surface area contributed by atoms with E-state index >= 15 is 4.39 Å². The largest absolute Gasteiger partial charge is 0.485 e. The molecule has 1 atom stereocenters. The van der Waals surface area contributed by atoms with E-state index in [4.69, 9.17) is 19.7 Å². The lowest BCUT2D eigenvalue weighted by Gasteiger charge is -2.22. The van der Waals surface area contributed by atoms with Crippen molar-refractivity contribution < 1.29 is 23.8 Å². The molecule has 1 aliphatic rings. The number of thiazole rings is 1. The van der Waals surface area contributed by atoms with Gasteiger partial charge in [-0.3, -0.25) is 9.88 Å². The van der Waals surface area contributed by atoms with Crippen LogP contribution in [0.25, 0.3) is 31.8 Å². The summed E-state index contributed by atoms with van der Waals surface area (Å²) >= 11 is 1.39. The Morgan fingerprint density at radius 2 is 2.10 bits per heavy atom. The highest BCUT2D eigenvalue weighted by Gasteiger charge is 2.33. The first kappa shape index (κ1) is 24.4. The van der Waals surface area contributed by atoms with Gasteiger partial charge in [0.15, 0.2) is 11.6 Å². The minimum Gasteiger partial charge on any atom is -0.485 e. The number of aromatic nitrogens is 4. The molecule has 2 aromatic carbocycles. The number of anilines is 1. The van der Waals surface area contributed by atoms with Gasteiger partial charge in [-0.15, -0.1) is 11.3 Å². The molecular formula is C27H19FN6O4S. The summed E-state index contributed by atoms with van der Waals surface area (Å²) in [5.41, 5.74) is 4.62. The van der Waals surface area contributed by atoms with Crippen molar-refractivity contribution in [2.45, 2.75) is 19.4 Å². The Kier molecular flexibility index (Phi) is 5.92. The monoisotopic (exact) mass is 542 g/mol. The number of methoxy groups -OCH3 is 1. The second-order valence-corrected chi connectivity index (χ2v) is 10.0. The van der Waals surface area contributed by atoms with Gasteiger partial charge in [0, 0.05) is 29.8 Å². The molecule has 0 radical (unpaired) electrons. The van der Waals surface area contributed by atoms with Gasteiger partial charge in [-0.2, -0.15) is 5.26 Å². The molecule has 0 bridgehead atoms. The number of ether oxygens (including phenoxy) is 2. The lowest BCUT2D eigenvalue weighted by Crippen LogP contribution is -2.38. The third-order valence-corrected chi connectivity index (χ3v) is 7.55. The fourth-order valence-corrected chi connectivity index (χ4v) is 5.80. The maximum Gasteiger partial charge on any atom is 0.411 e. The van der Waals surface area contributed by atoms with Crippen molar-refractivity contribution in [2.75, 3.05) is 18.6 Å². The van der Waals surface area contributed by atoms with Crippen molar-refractivity contribution in [3.05, 3.63) is 65.4 Å². The van der Waals surface area contributed by atoms with Gasteiger partial charge >= 0.3 is 6.09 Å². The number of nitrogens with zero attached hydrogens (tertiary/aromatic N) is 6. The van der Waals surface area contributed by atoms with E-state index in [1.165, 1.54) is 43.0 Å². The van der Waals surface area contributed by atoms with Gasteiger partial charge in [0.05, 0.1) is 58.5 Å². The molecule has 12 heteroatoms. The Bertz CT molecular complexity index is 1840. The van der Waals surface area contributed by atoms with E-state index in [-0.39, 0.29) is 30.0 Å². The van der Waals surface area contributed by atoms with Gasteiger partial charge in [-0.05, 0) is 30.7 Å². The summed E-state index contributed by atoms with van der Waals surface area (Å²) in [5.74, 6) is -0.0713. The minimum absolute atomic E-state index is 0.0763. The predicted octanol–water partition coefficient (Wildman–Crippen LogP) is 5.12. The maximum atomic E-state index is 15.2. The highest BCUT2D eigenvalue weighted by atomic mass is 32.1. The van der Waals surface area contributed by atoms with E-state index in [0.29, 0.717) is 33.0 Å². The number of fused-ring (bicyclic) bond motifs is 4. The number of hydrogen-bond acceptors (Lipinski definition) is 9. The van der Waals surface area contributed by atoms with Crippen LogP contribution in [0.3, 0.4) is 0 Å². The van der Waals surface area contributed by atoms with Gasteiger partial charge in [0.2, 0.25) is 5.88 Å². The highest BCUT2D eigenvalue weighted by molar-refractivity contribution is 7.22. The number of amides is 1. The van der Waals surface area contributed by atoms with Gasteiger partial charge < -0.3 is 14.6 Å². The number of benzene rings is 2. The van der Waals surface area contributed by atoms with Crippen molar-refractivity contribution in [1.82, 2.24) is 19.9 Å². The summed E-state index contributed by atoms with van der Waals surface area (Å²) in [6.45, 7) is 1.87. The number of nitriles is 1. The van der Waals surface area contributed by atoms with E-state index in [9.17, 15) is 9.90 Å². The van der Waals surface area contributed by atoms with Crippen LogP contribution in [0.4, 0.5) is 14.9 Å². The van der Waals surface area contributed by atoms with Gasteiger partial charge in [-0.25, -0.2) is 24.1 Å². The third kappa shape index (κ3) is 4.32. The summed E-state index contributed by atoms with van der Waals surface area (Å²) in [5, 5.41) is 19.6. The quantitative estimate of drug-likeness (QED) is 0.321. The smallest absolute Gasteiger partial charge is 0.411 e. The van der Waals surface area contributed by atoms with Crippen molar-refractivity contribution >= 4 is 44.4 Å². The molecule has 1 aliphatic heterocycles. The Morgan fingerprint density at radius 1 is 1.26 bits per heavy atom. The Hall–Kier alpha value is -4.89. The maximum absolute atomic E-state index is 15.2. The molecular weight excluding hydrogens is 523 g/mol. The number of halogens is 1. The fourth-order valence-electron chi connectivity index (χ4n) is 4.69. The molecule has 0 saturated heterocycles. The number of carbonyl (C=O) groups is 1. The van der Waals surface area contributed by atoms with Crippen LogP contribution in [0.2, 0.25) is 0 Å². The summed E-state index contributed by atoms with van der Waals surface area (Å²) in [6.07, 6.45) is 2.65. The summed E-state index contributed by atoms with van der Waals surface area (Å²) in [4.78, 5) is 30.8. The zero-order valence-corrected chi connectivity index (χ0v) is 21.5. The molecule has 0 aliphatic carbocycles. The first-order valence-corrected chi connectivity index (χ1v) is 12.6. The second kappa shape index (κ2) is 9.45. The zero-order valence-electron chi connectivity index (χ0n) is 20.7. The lowest BCUT2D eigenvalue weighted by atomic mass is 10.1. The van der Waals surface area contributed by atoms with E-state index in [1.54, 1.807) is 6.20 Å². The van der Waals surface area contributed by atoms with Crippen LogP contribution >= 0.6 is 11.3 Å². The summed E-state index contributed by atoms with van der Waals surface area (Å²) < 4.78 is 27.0. The average molecular weight is 543 g/mol. The second-order valence-electron chi connectivity index (χ2n) is 9.01. The third-order valence-electron chi connectivity index (χ3n) is 6.39. The fraction of sp³-hybridized carbons (Fsp3) is 0.185. The van der Waals surface area contributed by atoms with Crippen LogP contribution in [-0.4, -0.2) is 50.9 Å². The normalized spacial score (nSPS) is 14.2. The lowest BCUT2D eigenvalue weighted by molar-refractivity contribution is 0.190. The van der Waals surface area contributed by atoms with Crippen LogP contribution in [0.5, 0.6) is 11.6 Å². The molecule has 4 heterocycles. The first-order chi connectivity index (χ1) is 18.8. The minimum atomic E-state index is -1.23. The van der Waals surface area contributed by atoms with Crippen LogP contribution in [0.1, 0.15) is 16.7 Å². The van der Waals surface area contributed by atoms with Gasteiger partial charge in [-0.1, -0.05) is 0 Å². The van der Waals surface area contributed by atoms with E-state index in [1.807, 2.05) is 25.1 Å². The topological polar surface area (TPSA) is 134 Å². The van der Waals surface area contributed by atoms with E-state index < -0.39 is 18.0 Å². The molecule has 1 N–H and O–H groups in total. The average Bonchev–Trinajstić information content (AvgIpc) is 3.55. The van der Waals surface area contributed by atoms with E-state index in [0.717, 1.165) is 20.7 Å². The molecule has 194 valence electrons. The van der Waals surface area contributed by atoms with Gasteiger partial charge in [0.1, 0.15) is 17.2 Å². The Labute approximate surface area is 224 Å². The highest BCUT2D eigenvalue weighted by Crippen LogP contribution is 2.43. The summed E-state index contributed by atoms with van der Waals surface area (Å²) in [7, 11) is 1.53. The number of rotatable bonds is 5. The molecule has 0 saturated carbocycles. The van der Waals surface area contributed by atoms with Crippen LogP contribution in [-0.2, 0) is 6.42 Å². The van der Waals surface area contributed by atoms with Gasteiger partial charge in [0.25, 0.3) is 0 Å². The number of hydrogen-bond donors (Lipinski definition) is 1. The van der Waals surface area contributed by atoms with E-state index in [2.05, 4.69) is 15.0 Å². The molecule has 10 nitrogen and oxygen atoms in total. The van der Waals surface area contributed by atoms with Crippen molar-refractivity contribution in [3.63, 3.8) is 0 Å². The SMILES string of the molecule is COc1cnc2c(-c3nc4cc(F)c5c(c4s3)CC(CN(C(=O)O)c3cncc(C#N)c3)O5)cc(C)cc2n1. The van der Waals surface area contributed by atoms with Crippen LogP contribution in [0, 0.1) is 24.1 Å². The molecule has 1 amide bonds. The molecule has 39 heavy (non-hydrogen) atoms. The van der Waals surface area contributed by atoms with Crippen LogP contribution in [0.15, 0.2) is 42.9 Å². The molecule has 1 unspecified atom stereocenters. The summed E-state index contributed by atoms with van der Waals surface area (Å²) in [6, 6.07) is 8.59. The Balaban J connectivity index is 1.37. The van der Waals surface area contributed by atoms with Crippen molar-refractivity contribution in [2.24, 2.45) is 0 Å². The Morgan fingerprint density at radius 3 is 2.87 bits per heavy atom.